The van der Waals surface area contributed by atoms with E-state index in [1.54, 1.807) is 7.05 Å². The zero-order valence-corrected chi connectivity index (χ0v) is 13.7. The highest BCUT2D eigenvalue weighted by Gasteiger charge is 2.19. The van der Waals surface area contributed by atoms with Crippen LogP contribution >= 0.6 is 0 Å². The smallest absolute Gasteiger partial charge is 0.213 e. The van der Waals surface area contributed by atoms with Gasteiger partial charge in [-0.05, 0) is 44.3 Å². The maximum Gasteiger partial charge on any atom is 0.213 e. The summed E-state index contributed by atoms with van der Waals surface area (Å²) in [7, 11) is -1.41. The van der Waals surface area contributed by atoms with Gasteiger partial charge in [0.05, 0.1) is 5.75 Å². The average molecular weight is 310 g/mol. The molecule has 0 radical (unpaired) electrons. The van der Waals surface area contributed by atoms with Crippen LogP contribution in [0.1, 0.15) is 24.8 Å². The summed E-state index contributed by atoms with van der Waals surface area (Å²) in [6, 6.07) is 10.1. The van der Waals surface area contributed by atoms with E-state index >= 15 is 0 Å². The Balaban J connectivity index is 1.72. The number of likely N-dealkylation sites (N-methyl/N-ethyl adjacent to an activating group) is 1. The SMILES string of the molecule is CN(CCN1CCCC1)S(=O)(=O)CCCc1ccccc1. The summed E-state index contributed by atoms with van der Waals surface area (Å²) in [5, 5.41) is 0. The molecule has 0 aromatic heterocycles. The molecule has 1 saturated heterocycles. The van der Waals surface area contributed by atoms with E-state index in [2.05, 4.69) is 4.90 Å². The number of hydrogen-bond donors (Lipinski definition) is 0. The van der Waals surface area contributed by atoms with Gasteiger partial charge in [0.1, 0.15) is 0 Å². The third kappa shape index (κ3) is 5.41. The summed E-state index contributed by atoms with van der Waals surface area (Å²) in [6.45, 7) is 3.69. The highest BCUT2D eigenvalue weighted by molar-refractivity contribution is 7.89. The number of rotatable bonds is 8. The van der Waals surface area contributed by atoms with Crippen LogP contribution in [0.3, 0.4) is 0 Å². The van der Waals surface area contributed by atoms with Crippen LogP contribution in [-0.4, -0.2) is 56.6 Å². The predicted molar refractivity (Wildman–Crippen MR) is 86.9 cm³/mol. The van der Waals surface area contributed by atoms with Gasteiger partial charge in [-0.2, -0.15) is 0 Å². The highest BCUT2D eigenvalue weighted by atomic mass is 32.2. The van der Waals surface area contributed by atoms with E-state index in [1.807, 2.05) is 30.3 Å². The lowest BCUT2D eigenvalue weighted by Gasteiger charge is -2.21. The molecule has 4 nitrogen and oxygen atoms in total. The Bertz CT molecular complexity index is 510. The second kappa shape index (κ2) is 7.92. The van der Waals surface area contributed by atoms with Gasteiger partial charge in [-0.25, -0.2) is 12.7 Å². The minimum atomic E-state index is -3.12. The van der Waals surface area contributed by atoms with Crippen LogP contribution in [0.5, 0.6) is 0 Å². The molecule has 0 spiro atoms. The maximum absolute atomic E-state index is 12.2. The minimum absolute atomic E-state index is 0.235. The molecule has 0 bridgehead atoms. The lowest BCUT2D eigenvalue weighted by Crippen LogP contribution is -2.36. The van der Waals surface area contributed by atoms with Gasteiger partial charge in [-0.1, -0.05) is 30.3 Å². The molecule has 0 atom stereocenters. The van der Waals surface area contributed by atoms with Crippen LogP contribution in [0.2, 0.25) is 0 Å². The summed E-state index contributed by atoms with van der Waals surface area (Å²) in [5.41, 5.74) is 1.20. The molecular weight excluding hydrogens is 284 g/mol. The number of sulfonamides is 1. The molecule has 5 heteroatoms. The van der Waals surface area contributed by atoms with Gasteiger partial charge in [0.15, 0.2) is 0 Å². The second-order valence-electron chi connectivity index (χ2n) is 5.78. The fraction of sp³-hybridized carbons (Fsp3) is 0.625. The summed E-state index contributed by atoms with van der Waals surface area (Å²) in [6.07, 6.45) is 3.99. The summed E-state index contributed by atoms with van der Waals surface area (Å²) in [5.74, 6) is 0.235. The van der Waals surface area contributed by atoms with Crippen molar-refractivity contribution in [1.82, 2.24) is 9.21 Å². The van der Waals surface area contributed by atoms with Crippen LogP contribution in [0.4, 0.5) is 0 Å². The Labute approximate surface area is 128 Å². The fourth-order valence-corrected chi connectivity index (χ4v) is 3.87. The highest BCUT2D eigenvalue weighted by Crippen LogP contribution is 2.09. The van der Waals surface area contributed by atoms with Crippen molar-refractivity contribution in [2.24, 2.45) is 0 Å². The lowest BCUT2D eigenvalue weighted by atomic mass is 10.1. The van der Waals surface area contributed by atoms with Gasteiger partial charge >= 0.3 is 0 Å². The second-order valence-corrected chi connectivity index (χ2v) is 7.97. The summed E-state index contributed by atoms with van der Waals surface area (Å²) >= 11 is 0. The Morgan fingerprint density at radius 3 is 2.48 bits per heavy atom. The number of aryl methyl sites for hydroxylation is 1. The van der Waals surface area contributed by atoms with Crippen molar-refractivity contribution in [2.45, 2.75) is 25.7 Å². The number of hydrogen-bond acceptors (Lipinski definition) is 3. The molecule has 1 heterocycles. The molecule has 0 N–H and O–H groups in total. The molecule has 1 aliphatic rings. The summed E-state index contributed by atoms with van der Waals surface area (Å²) < 4.78 is 26.0. The van der Waals surface area contributed by atoms with Crippen molar-refractivity contribution in [1.29, 1.82) is 0 Å². The van der Waals surface area contributed by atoms with Gasteiger partial charge in [0.2, 0.25) is 10.0 Å². The van der Waals surface area contributed by atoms with Crippen LogP contribution in [0.15, 0.2) is 30.3 Å². The van der Waals surface area contributed by atoms with Crippen molar-refractivity contribution in [3.8, 4) is 0 Å². The van der Waals surface area contributed by atoms with Crippen molar-refractivity contribution in [3.05, 3.63) is 35.9 Å². The quantitative estimate of drug-likeness (QED) is 0.737. The Hall–Kier alpha value is -0.910. The summed E-state index contributed by atoms with van der Waals surface area (Å²) in [4.78, 5) is 2.34. The first-order valence-corrected chi connectivity index (χ1v) is 9.39. The number of benzene rings is 1. The Morgan fingerprint density at radius 2 is 1.81 bits per heavy atom. The molecule has 0 amide bonds. The molecule has 0 saturated carbocycles. The van der Waals surface area contributed by atoms with Crippen molar-refractivity contribution in [3.63, 3.8) is 0 Å². The van der Waals surface area contributed by atoms with Crippen LogP contribution in [-0.2, 0) is 16.4 Å². The average Bonchev–Trinajstić information content (AvgIpc) is 2.99. The van der Waals surface area contributed by atoms with Crippen LogP contribution in [0, 0.1) is 0 Å². The first kappa shape index (κ1) is 16.5. The number of likely N-dealkylation sites (tertiary alicyclic amines) is 1. The topological polar surface area (TPSA) is 40.6 Å². The molecule has 0 unspecified atom stereocenters. The first-order valence-electron chi connectivity index (χ1n) is 7.78. The third-order valence-corrected chi connectivity index (χ3v) is 6.05. The normalized spacial score (nSPS) is 16.7. The van der Waals surface area contributed by atoms with Crippen molar-refractivity contribution < 1.29 is 8.42 Å². The monoisotopic (exact) mass is 310 g/mol. The van der Waals surface area contributed by atoms with E-state index in [4.69, 9.17) is 0 Å². The third-order valence-electron chi connectivity index (χ3n) is 4.12. The fourth-order valence-electron chi connectivity index (χ4n) is 2.69. The first-order chi connectivity index (χ1) is 10.1. The van der Waals surface area contributed by atoms with Gasteiger partial charge in [-0.3, -0.25) is 0 Å². The van der Waals surface area contributed by atoms with Gasteiger partial charge in [-0.15, -0.1) is 0 Å². The van der Waals surface area contributed by atoms with Crippen molar-refractivity contribution >= 4 is 10.0 Å². The zero-order chi connectivity index (χ0) is 15.1. The minimum Gasteiger partial charge on any atom is -0.302 e. The van der Waals surface area contributed by atoms with E-state index < -0.39 is 10.0 Å². The molecule has 118 valence electrons. The van der Waals surface area contributed by atoms with Gasteiger partial charge in [0, 0.05) is 20.1 Å². The van der Waals surface area contributed by atoms with E-state index in [0.29, 0.717) is 13.0 Å². The van der Waals surface area contributed by atoms with Crippen LogP contribution in [0.25, 0.3) is 0 Å². The predicted octanol–water partition coefficient (Wildman–Crippen LogP) is 1.98. The number of nitrogens with zero attached hydrogens (tertiary/aromatic N) is 2. The molecular formula is C16H26N2O2S. The van der Waals surface area contributed by atoms with E-state index in [1.165, 1.54) is 22.7 Å². The molecule has 21 heavy (non-hydrogen) atoms. The molecule has 1 aromatic carbocycles. The molecule has 2 rings (SSSR count). The molecule has 0 aliphatic carbocycles. The van der Waals surface area contributed by atoms with E-state index in [9.17, 15) is 8.42 Å². The van der Waals surface area contributed by atoms with E-state index in [-0.39, 0.29) is 5.75 Å². The van der Waals surface area contributed by atoms with Gasteiger partial charge < -0.3 is 4.90 Å². The largest absolute Gasteiger partial charge is 0.302 e. The standard InChI is InChI=1S/C16H26N2O2S/c1-17(13-14-18-11-5-6-12-18)21(19,20)15-7-10-16-8-3-2-4-9-16/h2-4,8-9H,5-7,10-15H2,1H3. The van der Waals surface area contributed by atoms with E-state index in [0.717, 1.165) is 26.1 Å². The Kier molecular flexibility index (Phi) is 6.21. The lowest BCUT2D eigenvalue weighted by molar-refractivity contribution is 0.310. The molecule has 1 aliphatic heterocycles. The maximum atomic E-state index is 12.2. The van der Waals surface area contributed by atoms with Gasteiger partial charge in [0.25, 0.3) is 0 Å². The van der Waals surface area contributed by atoms with Crippen molar-refractivity contribution in [2.75, 3.05) is 39.0 Å². The zero-order valence-electron chi connectivity index (χ0n) is 12.9. The van der Waals surface area contributed by atoms with Crippen LogP contribution < -0.4 is 0 Å². The Morgan fingerprint density at radius 1 is 1.14 bits per heavy atom. The molecule has 1 aromatic rings. The molecule has 1 fully saturated rings.